The number of amides is 1. The molecule has 0 spiro atoms. The van der Waals surface area contributed by atoms with Gasteiger partial charge in [0.1, 0.15) is 5.75 Å². The van der Waals surface area contributed by atoms with Crippen LogP contribution in [-0.4, -0.2) is 30.3 Å². The van der Waals surface area contributed by atoms with Gasteiger partial charge in [-0.15, -0.1) is 0 Å². The number of nitrogens with one attached hydrogen (secondary N) is 1. The number of phenolic OH excluding ortho intramolecular Hbond substituents is 1. The lowest BCUT2D eigenvalue weighted by Crippen LogP contribution is -2.40. The Morgan fingerprint density at radius 1 is 1.47 bits per heavy atom. The second kappa shape index (κ2) is 6.39. The highest BCUT2D eigenvalue weighted by atomic mass is 79.9. The predicted molar refractivity (Wildman–Crippen MR) is 76.3 cm³/mol. The van der Waals surface area contributed by atoms with Crippen molar-refractivity contribution in [3.05, 3.63) is 28.2 Å². The van der Waals surface area contributed by atoms with Crippen LogP contribution in [-0.2, 0) is 4.74 Å². The van der Waals surface area contributed by atoms with Crippen LogP contribution in [0.3, 0.4) is 0 Å². The summed E-state index contributed by atoms with van der Waals surface area (Å²) >= 11 is 3.30. The van der Waals surface area contributed by atoms with Crippen LogP contribution in [0.15, 0.2) is 22.7 Å². The molecule has 0 radical (unpaired) electrons. The van der Waals surface area contributed by atoms with Crippen molar-refractivity contribution in [2.45, 2.75) is 25.8 Å². The largest absolute Gasteiger partial charge is 0.507 e. The summed E-state index contributed by atoms with van der Waals surface area (Å²) in [6, 6.07) is 4.92. The van der Waals surface area contributed by atoms with Gasteiger partial charge in [-0.1, -0.05) is 15.9 Å². The van der Waals surface area contributed by atoms with Crippen LogP contribution in [0.1, 0.15) is 30.1 Å². The van der Waals surface area contributed by atoms with E-state index in [1.807, 2.05) is 6.92 Å². The Morgan fingerprint density at radius 2 is 2.16 bits per heavy atom. The highest BCUT2D eigenvalue weighted by molar-refractivity contribution is 9.10. The zero-order valence-corrected chi connectivity index (χ0v) is 12.4. The molecule has 1 heterocycles. The first kappa shape index (κ1) is 14.3. The second-order valence-corrected chi connectivity index (χ2v) is 5.79. The Bertz CT molecular complexity index is 458. The van der Waals surface area contributed by atoms with Crippen molar-refractivity contribution in [2.75, 3.05) is 13.2 Å². The predicted octanol–water partition coefficient (Wildman–Crippen LogP) is 2.70. The van der Waals surface area contributed by atoms with E-state index in [0.717, 1.165) is 30.5 Å². The maximum atomic E-state index is 12.1. The van der Waals surface area contributed by atoms with Crippen LogP contribution in [0.25, 0.3) is 0 Å². The fourth-order valence-corrected chi connectivity index (χ4v) is 2.67. The molecule has 1 amide bonds. The van der Waals surface area contributed by atoms with Gasteiger partial charge in [0, 0.05) is 23.7 Å². The molecule has 1 aliphatic heterocycles. The number of halogens is 1. The normalized spacial score (nSPS) is 18.0. The molecule has 1 aliphatic rings. The third kappa shape index (κ3) is 3.70. The minimum absolute atomic E-state index is 0.000113. The summed E-state index contributed by atoms with van der Waals surface area (Å²) in [7, 11) is 0. The standard InChI is InChI=1S/C14H18BrNO3/c1-9(10-4-6-19-7-5-10)16-14(18)12-8-11(15)2-3-13(12)17/h2-3,8-10,17H,4-7H2,1H3,(H,16,18). The fourth-order valence-electron chi connectivity index (χ4n) is 2.31. The number of carbonyl (C=O) groups is 1. The summed E-state index contributed by atoms with van der Waals surface area (Å²) in [4.78, 5) is 12.1. The average molecular weight is 328 g/mol. The number of ether oxygens (including phenoxy) is 1. The molecule has 4 nitrogen and oxygen atoms in total. The molecule has 1 aromatic rings. The Hall–Kier alpha value is -1.07. The first-order valence-electron chi connectivity index (χ1n) is 6.45. The smallest absolute Gasteiger partial charge is 0.255 e. The van der Waals surface area contributed by atoms with Crippen molar-refractivity contribution in [3.8, 4) is 5.75 Å². The molecule has 0 bridgehead atoms. The van der Waals surface area contributed by atoms with Crippen molar-refractivity contribution in [3.63, 3.8) is 0 Å². The molecule has 1 aromatic carbocycles. The lowest BCUT2D eigenvalue weighted by atomic mass is 9.93. The number of hydrogen-bond donors (Lipinski definition) is 2. The van der Waals surface area contributed by atoms with Crippen molar-refractivity contribution < 1.29 is 14.6 Å². The topological polar surface area (TPSA) is 58.6 Å². The van der Waals surface area contributed by atoms with E-state index in [-0.39, 0.29) is 17.7 Å². The number of benzene rings is 1. The minimum atomic E-state index is -0.238. The highest BCUT2D eigenvalue weighted by Crippen LogP contribution is 2.23. The highest BCUT2D eigenvalue weighted by Gasteiger charge is 2.23. The van der Waals surface area contributed by atoms with Crippen LogP contribution in [0.5, 0.6) is 5.75 Å². The molecular formula is C14H18BrNO3. The molecule has 1 fully saturated rings. The van der Waals surface area contributed by atoms with E-state index in [4.69, 9.17) is 4.74 Å². The van der Waals surface area contributed by atoms with Crippen molar-refractivity contribution in [1.29, 1.82) is 0 Å². The summed E-state index contributed by atoms with van der Waals surface area (Å²) in [5.74, 6) is 0.199. The minimum Gasteiger partial charge on any atom is -0.507 e. The van der Waals surface area contributed by atoms with Gasteiger partial charge in [0.25, 0.3) is 5.91 Å². The Morgan fingerprint density at radius 3 is 2.84 bits per heavy atom. The number of hydrogen-bond acceptors (Lipinski definition) is 3. The summed E-state index contributed by atoms with van der Waals surface area (Å²) in [5, 5.41) is 12.7. The molecule has 2 N–H and O–H groups in total. The number of rotatable bonds is 3. The summed E-state index contributed by atoms with van der Waals surface area (Å²) in [5.41, 5.74) is 0.299. The third-order valence-electron chi connectivity index (χ3n) is 3.54. The van der Waals surface area contributed by atoms with E-state index in [2.05, 4.69) is 21.2 Å². The number of carbonyl (C=O) groups excluding carboxylic acids is 1. The van der Waals surface area contributed by atoms with E-state index in [0.29, 0.717) is 11.5 Å². The molecule has 2 rings (SSSR count). The molecule has 1 atom stereocenters. The van der Waals surface area contributed by atoms with E-state index >= 15 is 0 Å². The molecule has 104 valence electrons. The zero-order valence-electron chi connectivity index (χ0n) is 10.9. The lowest BCUT2D eigenvalue weighted by Gasteiger charge is -2.28. The summed E-state index contributed by atoms with van der Waals surface area (Å²) < 4.78 is 6.09. The molecule has 0 saturated carbocycles. The quantitative estimate of drug-likeness (QED) is 0.897. The van der Waals surface area contributed by atoms with Crippen LogP contribution >= 0.6 is 15.9 Å². The molecule has 0 aliphatic carbocycles. The molecule has 1 unspecified atom stereocenters. The van der Waals surface area contributed by atoms with E-state index in [1.165, 1.54) is 6.07 Å². The summed E-state index contributed by atoms with van der Waals surface area (Å²) in [6.45, 7) is 3.52. The molecule has 1 saturated heterocycles. The average Bonchev–Trinajstić information content (AvgIpc) is 2.42. The van der Waals surface area contributed by atoms with Crippen LogP contribution in [0.4, 0.5) is 0 Å². The van der Waals surface area contributed by atoms with Crippen LogP contribution in [0.2, 0.25) is 0 Å². The van der Waals surface area contributed by atoms with Gasteiger partial charge in [-0.05, 0) is 43.9 Å². The zero-order chi connectivity index (χ0) is 13.8. The van der Waals surface area contributed by atoms with Gasteiger partial charge >= 0.3 is 0 Å². The maximum Gasteiger partial charge on any atom is 0.255 e. The van der Waals surface area contributed by atoms with Crippen molar-refractivity contribution >= 4 is 21.8 Å². The van der Waals surface area contributed by atoms with E-state index in [1.54, 1.807) is 12.1 Å². The van der Waals surface area contributed by atoms with E-state index < -0.39 is 0 Å². The Balaban J connectivity index is 2.01. The Labute approximate surface area is 121 Å². The van der Waals surface area contributed by atoms with Crippen molar-refractivity contribution in [1.82, 2.24) is 5.32 Å². The molecular weight excluding hydrogens is 310 g/mol. The first-order valence-corrected chi connectivity index (χ1v) is 7.24. The monoisotopic (exact) mass is 327 g/mol. The van der Waals surface area contributed by atoms with Gasteiger partial charge in [0.05, 0.1) is 5.56 Å². The second-order valence-electron chi connectivity index (χ2n) is 4.87. The molecule has 19 heavy (non-hydrogen) atoms. The maximum absolute atomic E-state index is 12.1. The SMILES string of the molecule is CC(NC(=O)c1cc(Br)ccc1O)C1CCOCC1. The van der Waals surface area contributed by atoms with Gasteiger partial charge in [-0.3, -0.25) is 4.79 Å². The fraction of sp³-hybridized carbons (Fsp3) is 0.500. The van der Waals surface area contributed by atoms with Gasteiger partial charge in [-0.25, -0.2) is 0 Å². The third-order valence-corrected chi connectivity index (χ3v) is 4.03. The molecule has 5 heteroatoms. The van der Waals surface area contributed by atoms with Gasteiger partial charge in [0.15, 0.2) is 0 Å². The molecule has 0 aromatic heterocycles. The van der Waals surface area contributed by atoms with E-state index in [9.17, 15) is 9.90 Å². The Kier molecular flexibility index (Phi) is 4.82. The van der Waals surface area contributed by atoms with Crippen LogP contribution in [0, 0.1) is 5.92 Å². The number of aromatic hydroxyl groups is 1. The van der Waals surface area contributed by atoms with Crippen LogP contribution < -0.4 is 5.32 Å². The number of phenols is 1. The lowest BCUT2D eigenvalue weighted by molar-refractivity contribution is 0.0538. The van der Waals surface area contributed by atoms with Gasteiger partial charge in [0.2, 0.25) is 0 Å². The first-order chi connectivity index (χ1) is 9.08. The van der Waals surface area contributed by atoms with Crippen molar-refractivity contribution in [2.24, 2.45) is 5.92 Å². The summed E-state index contributed by atoms with van der Waals surface area (Å²) in [6.07, 6.45) is 1.93. The van der Waals surface area contributed by atoms with Gasteiger partial charge in [-0.2, -0.15) is 0 Å². The van der Waals surface area contributed by atoms with Gasteiger partial charge < -0.3 is 15.2 Å².